The monoisotopic (exact) mass is 445 g/mol. The van der Waals surface area contributed by atoms with Crippen LogP contribution in [0.4, 0.5) is 4.39 Å². The highest BCUT2D eigenvalue weighted by atomic mass is 32.2. The molecule has 7 heteroatoms. The third-order valence-electron chi connectivity index (χ3n) is 4.91. The number of rotatable bonds is 7. The van der Waals surface area contributed by atoms with E-state index < -0.39 is 0 Å². The molecule has 160 valence electrons. The average Bonchev–Trinajstić information content (AvgIpc) is 3.14. The van der Waals surface area contributed by atoms with E-state index in [0.29, 0.717) is 35.5 Å². The summed E-state index contributed by atoms with van der Waals surface area (Å²) in [7, 11) is 0. The van der Waals surface area contributed by atoms with E-state index in [1.54, 1.807) is 49.0 Å². The topological polar surface area (TPSA) is 67.9 Å². The molecule has 0 N–H and O–H groups in total. The fourth-order valence-corrected chi connectivity index (χ4v) is 4.32. The number of nitrogens with zero attached hydrogens (tertiary/aromatic N) is 3. The molecule has 0 spiro atoms. The number of imidazole rings is 1. The minimum atomic E-state index is -0.388. The zero-order chi connectivity index (χ0) is 22.5. The summed E-state index contributed by atoms with van der Waals surface area (Å²) < 4.78 is 20.9. The lowest BCUT2D eigenvalue weighted by molar-refractivity contribution is 0.0526. The maximum Gasteiger partial charge on any atom is 0.338 e. The summed E-state index contributed by atoms with van der Waals surface area (Å²) in [5.74, 6) is -0.0210. The Labute approximate surface area is 189 Å². The summed E-state index contributed by atoms with van der Waals surface area (Å²) in [6.07, 6.45) is 0. The second-order valence-electron chi connectivity index (χ2n) is 7.13. The van der Waals surface area contributed by atoms with Gasteiger partial charge in [0.05, 0.1) is 41.4 Å². The maximum atomic E-state index is 13.8. The largest absolute Gasteiger partial charge is 0.462 e. The van der Waals surface area contributed by atoms with E-state index in [9.17, 15) is 9.18 Å². The van der Waals surface area contributed by atoms with Crippen molar-refractivity contribution in [3.05, 3.63) is 94.8 Å². The first-order valence-corrected chi connectivity index (χ1v) is 11.1. The maximum absolute atomic E-state index is 13.8. The van der Waals surface area contributed by atoms with Crippen molar-refractivity contribution in [2.75, 3.05) is 6.61 Å². The molecule has 5 nitrogen and oxygen atoms in total. The fraction of sp³-hybridized carbons (Fsp3) is 0.160. The SMILES string of the molecule is CCOC(=O)c1ccc2c(c1)nc(SCc1ccc(C#N)cc1)n2Cc1cccc(F)c1. The van der Waals surface area contributed by atoms with Crippen LogP contribution in [0, 0.1) is 17.1 Å². The number of ether oxygens (including phenoxy) is 1. The van der Waals surface area contributed by atoms with E-state index in [1.807, 2.05) is 28.8 Å². The quantitative estimate of drug-likeness (QED) is 0.275. The van der Waals surface area contributed by atoms with Crippen LogP contribution < -0.4 is 0 Å². The predicted octanol–water partition coefficient (Wildman–Crippen LogP) is 5.56. The van der Waals surface area contributed by atoms with E-state index in [4.69, 9.17) is 15.0 Å². The van der Waals surface area contributed by atoms with Crippen LogP contribution in [0.25, 0.3) is 11.0 Å². The first-order chi connectivity index (χ1) is 15.6. The lowest BCUT2D eigenvalue weighted by Crippen LogP contribution is -2.05. The number of carbonyl (C=O) groups is 1. The Morgan fingerprint density at radius 3 is 2.66 bits per heavy atom. The lowest BCUT2D eigenvalue weighted by atomic mass is 10.2. The van der Waals surface area contributed by atoms with Crippen molar-refractivity contribution >= 4 is 28.8 Å². The molecule has 32 heavy (non-hydrogen) atoms. The summed E-state index contributed by atoms with van der Waals surface area (Å²) >= 11 is 1.55. The van der Waals surface area contributed by atoms with Gasteiger partial charge >= 0.3 is 5.97 Å². The van der Waals surface area contributed by atoms with Crippen LogP contribution in [-0.4, -0.2) is 22.1 Å². The molecule has 0 aliphatic heterocycles. The van der Waals surface area contributed by atoms with Crippen molar-refractivity contribution in [1.29, 1.82) is 5.26 Å². The van der Waals surface area contributed by atoms with Crippen molar-refractivity contribution in [2.45, 2.75) is 24.4 Å². The van der Waals surface area contributed by atoms with Gasteiger partial charge in [-0.1, -0.05) is 36.0 Å². The van der Waals surface area contributed by atoms with Crippen molar-refractivity contribution in [3.63, 3.8) is 0 Å². The number of halogens is 1. The van der Waals surface area contributed by atoms with E-state index >= 15 is 0 Å². The van der Waals surface area contributed by atoms with Crippen LogP contribution in [0.15, 0.2) is 71.9 Å². The molecule has 0 atom stereocenters. The zero-order valence-electron chi connectivity index (χ0n) is 17.4. The number of fused-ring (bicyclic) bond motifs is 1. The Hall–Kier alpha value is -3.63. The Bertz CT molecular complexity index is 1310. The molecule has 0 saturated carbocycles. The van der Waals surface area contributed by atoms with Gasteiger partial charge in [0.15, 0.2) is 5.16 Å². The van der Waals surface area contributed by atoms with Gasteiger partial charge in [-0.05, 0) is 60.5 Å². The first-order valence-electron chi connectivity index (χ1n) is 10.1. The molecule has 1 heterocycles. The van der Waals surface area contributed by atoms with Crippen molar-refractivity contribution in [2.24, 2.45) is 0 Å². The molecule has 0 radical (unpaired) electrons. The number of thioether (sulfide) groups is 1. The van der Waals surface area contributed by atoms with Crippen LogP contribution in [-0.2, 0) is 17.0 Å². The number of hydrogen-bond donors (Lipinski definition) is 0. The number of aromatic nitrogens is 2. The first kappa shape index (κ1) is 21.6. The zero-order valence-corrected chi connectivity index (χ0v) is 18.2. The summed E-state index contributed by atoms with van der Waals surface area (Å²) in [6, 6.07) is 21.3. The van der Waals surface area contributed by atoms with Crippen LogP contribution in [0.5, 0.6) is 0 Å². The molecule has 1 aromatic heterocycles. The molecular formula is C25H20FN3O2S. The third kappa shape index (κ3) is 4.82. The summed E-state index contributed by atoms with van der Waals surface area (Å²) in [5.41, 5.74) is 4.46. The van der Waals surface area contributed by atoms with Gasteiger partial charge in [-0.25, -0.2) is 14.2 Å². The Morgan fingerprint density at radius 1 is 1.12 bits per heavy atom. The molecule has 4 rings (SSSR count). The Balaban J connectivity index is 1.69. The van der Waals surface area contributed by atoms with Gasteiger partial charge in [0, 0.05) is 5.75 Å². The van der Waals surface area contributed by atoms with E-state index in [1.165, 1.54) is 12.1 Å². The van der Waals surface area contributed by atoms with Crippen molar-refractivity contribution in [3.8, 4) is 6.07 Å². The van der Waals surface area contributed by atoms with E-state index in [0.717, 1.165) is 21.8 Å². The summed E-state index contributed by atoms with van der Waals surface area (Å²) in [4.78, 5) is 16.9. The van der Waals surface area contributed by atoms with Crippen molar-refractivity contribution < 1.29 is 13.9 Å². The molecule has 0 aliphatic rings. The molecule has 4 aromatic rings. The normalized spacial score (nSPS) is 10.8. The summed E-state index contributed by atoms with van der Waals surface area (Å²) in [5, 5.41) is 9.74. The van der Waals surface area contributed by atoms with Gasteiger partial charge in [-0.3, -0.25) is 0 Å². The third-order valence-corrected chi connectivity index (χ3v) is 5.95. The van der Waals surface area contributed by atoms with Crippen LogP contribution >= 0.6 is 11.8 Å². The fourth-order valence-electron chi connectivity index (χ4n) is 3.35. The van der Waals surface area contributed by atoms with Crippen LogP contribution in [0.1, 0.15) is 34.0 Å². The molecule has 0 fully saturated rings. The summed E-state index contributed by atoms with van der Waals surface area (Å²) in [6.45, 7) is 2.52. The Morgan fingerprint density at radius 2 is 1.94 bits per heavy atom. The Kier molecular flexibility index (Phi) is 6.52. The highest BCUT2D eigenvalue weighted by molar-refractivity contribution is 7.98. The highest BCUT2D eigenvalue weighted by Gasteiger charge is 2.15. The molecule has 0 aliphatic carbocycles. The second kappa shape index (κ2) is 9.67. The van der Waals surface area contributed by atoms with Gasteiger partial charge in [0.2, 0.25) is 0 Å². The molecule has 0 bridgehead atoms. The lowest BCUT2D eigenvalue weighted by Gasteiger charge is -2.10. The number of benzene rings is 3. The number of hydrogen-bond acceptors (Lipinski definition) is 5. The molecule has 0 amide bonds. The molecular weight excluding hydrogens is 425 g/mol. The van der Waals surface area contributed by atoms with Crippen molar-refractivity contribution in [1.82, 2.24) is 9.55 Å². The minimum Gasteiger partial charge on any atom is -0.462 e. The van der Waals surface area contributed by atoms with Crippen LogP contribution in [0.3, 0.4) is 0 Å². The number of carbonyl (C=O) groups excluding carboxylic acids is 1. The highest BCUT2D eigenvalue weighted by Crippen LogP contribution is 2.29. The van der Waals surface area contributed by atoms with Gasteiger partial charge < -0.3 is 9.30 Å². The van der Waals surface area contributed by atoms with Crippen LogP contribution in [0.2, 0.25) is 0 Å². The number of esters is 1. The van der Waals surface area contributed by atoms with E-state index in [2.05, 4.69) is 6.07 Å². The minimum absolute atomic E-state index is 0.289. The predicted molar refractivity (Wildman–Crippen MR) is 122 cm³/mol. The smallest absolute Gasteiger partial charge is 0.338 e. The standard InChI is InChI=1S/C25H20FN3O2S/c1-2-31-24(30)20-10-11-23-22(13-20)28-25(29(23)15-19-4-3-5-21(26)12-19)32-16-18-8-6-17(14-27)7-9-18/h3-13H,2,15-16H2,1H3. The molecule has 0 saturated heterocycles. The average molecular weight is 446 g/mol. The van der Waals surface area contributed by atoms with Gasteiger partial charge in [0.1, 0.15) is 5.82 Å². The van der Waals surface area contributed by atoms with Gasteiger partial charge in [0.25, 0.3) is 0 Å². The molecule has 3 aromatic carbocycles. The van der Waals surface area contributed by atoms with Gasteiger partial charge in [-0.2, -0.15) is 5.26 Å². The molecule has 0 unspecified atom stereocenters. The second-order valence-corrected chi connectivity index (χ2v) is 8.07. The van der Waals surface area contributed by atoms with E-state index in [-0.39, 0.29) is 11.8 Å². The number of nitriles is 1. The van der Waals surface area contributed by atoms with Gasteiger partial charge in [-0.15, -0.1) is 0 Å².